The fourth-order valence-corrected chi connectivity index (χ4v) is 4.71. The lowest BCUT2D eigenvalue weighted by Crippen LogP contribution is -2.14. The number of benzene rings is 3. The van der Waals surface area contributed by atoms with E-state index in [1.807, 2.05) is 72.8 Å². The van der Waals surface area contributed by atoms with E-state index in [0.29, 0.717) is 17.2 Å². The highest BCUT2D eigenvalue weighted by Gasteiger charge is 2.10. The topological polar surface area (TPSA) is 80.3 Å². The summed E-state index contributed by atoms with van der Waals surface area (Å²) in [6.45, 7) is 0. The van der Waals surface area contributed by atoms with Crippen molar-refractivity contribution < 1.29 is 14.3 Å². The molecule has 4 aromatic rings. The minimum Gasteiger partial charge on any atom is -0.497 e. The number of thiazole rings is 1. The molecule has 0 aliphatic rings. The second-order valence-corrected chi connectivity index (χ2v) is 9.01. The van der Waals surface area contributed by atoms with Gasteiger partial charge in [0.15, 0.2) is 5.13 Å². The van der Waals surface area contributed by atoms with Gasteiger partial charge in [-0.3, -0.25) is 9.59 Å². The molecule has 0 unspecified atom stereocenters. The summed E-state index contributed by atoms with van der Waals surface area (Å²) in [5, 5.41) is 6.32. The molecule has 0 aliphatic carbocycles. The Morgan fingerprint density at radius 1 is 0.969 bits per heavy atom. The van der Waals surface area contributed by atoms with Gasteiger partial charge in [-0.2, -0.15) is 0 Å². The Morgan fingerprint density at radius 2 is 1.81 bits per heavy atom. The van der Waals surface area contributed by atoms with E-state index >= 15 is 0 Å². The number of methoxy groups -OCH3 is 1. The van der Waals surface area contributed by atoms with Crippen LogP contribution >= 0.6 is 23.1 Å². The van der Waals surface area contributed by atoms with E-state index in [1.165, 1.54) is 23.1 Å². The third kappa shape index (κ3) is 5.87. The molecule has 0 saturated heterocycles. The number of hydrogen-bond donors (Lipinski definition) is 2. The Labute approximate surface area is 194 Å². The molecule has 0 aliphatic heterocycles. The van der Waals surface area contributed by atoms with E-state index in [0.717, 1.165) is 26.4 Å². The molecule has 2 amide bonds. The van der Waals surface area contributed by atoms with Crippen LogP contribution in [0.5, 0.6) is 5.75 Å². The fraction of sp³-hybridized carbons (Fsp3) is 0.125. The molecule has 0 saturated carbocycles. The average Bonchev–Trinajstić information content (AvgIpc) is 3.19. The number of nitrogens with zero attached hydrogens (tertiary/aromatic N) is 1. The Kier molecular flexibility index (Phi) is 7.03. The van der Waals surface area contributed by atoms with Crippen molar-refractivity contribution in [3.8, 4) is 5.75 Å². The number of anilines is 2. The van der Waals surface area contributed by atoms with Crippen molar-refractivity contribution in [1.29, 1.82) is 0 Å². The summed E-state index contributed by atoms with van der Waals surface area (Å²) in [7, 11) is 1.62. The van der Waals surface area contributed by atoms with Gasteiger partial charge in [-0.25, -0.2) is 4.98 Å². The number of thioether (sulfide) groups is 1. The Morgan fingerprint density at radius 3 is 2.62 bits per heavy atom. The molecular formula is C24H21N3O3S2. The molecule has 1 aromatic heterocycles. The zero-order valence-corrected chi connectivity index (χ0v) is 19.0. The van der Waals surface area contributed by atoms with Crippen LogP contribution < -0.4 is 15.4 Å². The van der Waals surface area contributed by atoms with Crippen LogP contribution in [0.4, 0.5) is 10.8 Å². The van der Waals surface area contributed by atoms with Gasteiger partial charge in [0.1, 0.15) is 5.75 Å². The first kappa shape index (κ1) is 21.9. The predicted molar refractivity (Wildman–Crippen MR) is 131 cm³/mol. The molecule has 162 valence electrons. The summed E-state index contributed by atoms with van der Waals surface area (Å²) in [4.78, 5) is 30.0. The smallest absolute Gasteiger partial charge is 0.236 e. The normalized spacial score (nSPS) is 10.7. The second kappa shape index (κ2) is 10.3. The van der Waals surface area contributed by atoms with Crippen molar-refractivity contribution >= 4 is 55.9 Å². The molecule has 4 rings (SSSR count). The number of nitrogens with one attached hydrogen (secondary N) is 2. The Hall–Kier alpha value is -3.36. The first-order valence-electron chi connectivity index (χ1n) is 9.90. The van der Waals surface area contributed by atoms with Crippen LogP contribution in [0.3, 0.4) is 0 Å². The summed E-state index contributed by atoms with van der Waals surface area (Å²) < 4.78 is 6.18. The van der Waals surface area contributed by atoms with Crippen LogP contribution in [0.1, 0.15) is 5.56 Å². The molecule has 8 heteroatoms. The monoisotopic (exact) mass is 463 g/mol. The zero-order valence-electron chi connectivity index (χ0n) is 17.3. The van der Waals surface area contributed by atoms with E-state index in [-0.39, 0.29) is 17.6 Å². The lowest BCUT2D eigenvalue weighted by Gasteiger charge is -2.08. The molecule has 6 nitrogen and oxygen atoms in total. The van der Waals surface area contributed by atoms with Gasteiger partial charge in [0.05, 0.1) is 29.5 Å². The third-order valence-corrected chi connectivity index (χ3v) is 6.46. The van der Waals surface area contributed by atoms with Crippen molar-refractivity contribution in [3.63, 3.8) is 0 Å². The van der Waals surface area contributed by atoms with Crippen LogP contribution in [0.2, 0.25) is 0 Å². The van der Waals surface area contributed by atoms with Gasteiger partial charge < -0.3 is 15.4 Å². The van der Waals surface area contributed by atoms with Crippen molar-refractivity contribution in [3.05, 3.63) is 78.4 Å². The van der Waals surface area contributed by atoms with Crippen LogP contribution in [0, 0.1) is 0 Å². The van der Waals surface area contributed by atoms with Gasteiger partial charge in [-0.1, -0.05) is 47.7 Å². The molecule has 1 heterocycles. The van der Waals surface area contributed by atoms with Crippen LogP contribution in [0.25, 0.3) is 10.2 Å². The summed E-state index contributed by atoms with van der Waals surface area (Å²) in [5.41, 5.74) is 2.48. The molecule has 0 radical (unpaired) electrons. The standard InChI is InChI=1S/C24H21N3O3S2/c1-30-18-10-11-20-21(14-18)32-24(26-20)27-23(29)15-31-19-9-5-8-17(13-19)25-22(28)12-16-6-3-2-4-7-16/h2-11,13-14H,12,15H2,1H3,(H,25,28)(H,26,27,29). The van der Waals surface area contributed by atoms with Gasteiger partial charge in [0, 0.05) is 10.6 Å². The molecular weight excluding hydrogens is 442 g/mol. The number of aromatic nitrogens is 1. The predicted octanol–water partition coefficient (Wildman–Crippen LogP) is 5.22. The molecule has 0 atom stereocenters. The Balaban J connectivity index is 1.30. The van der Waals surface area contributed by atoms with E-state index in [9.17, 15) is 9.59 Å². The molecule has 2 N–H and O–H groups in total. The van der Waals surface area contributed by atoms with E-state index in [1.54, 1.807) is 7.11 Å². The summed E-state index contributed by atoms with van der Waals surface area (Å²) in [6.07, 6.45) is 0.314. The second-order valence-electron chi connectivity index (χ2n) is 6.93. The van der Waals surface area contributed by atoms with E-state index < -0.39 is 0 Å². The first-order valence-corrected chi connectivity index (χ1v) is 11.7. The van der Waals surface area contributed by atoms with Gasteiger partial charge in [0.25, 0.3) is 0 Å². The highest BCUT2D eigenvalue weighted by atomic mass is 32.2. The largest absolute Gasteiger partial charge is 0.497 e. The SMILES string of the molecule is COc1ccc2nc(NC(=O)CSc3cccc(NC(=O)Cc4ccccc4)c3)sc2c1. The molecule has 32 heavy (non-hydrogen) atoms. The third-order valence-electron chi connectivity index (χ3n) is 4.54. The maximum atomic E-state index is 12.4. The maximum Gasteiger partial charge on any atom is 0.236 e. The summed E-state index contributed by atoms with van der Waals surface area (Å²) in [6, 6.07) is 22.7. The fourth-order valence-electron chi connectivity index (χ4n) is 3.04. The average molecular weight is 464 g/mol. The minimum absolute atomic E-state index is 0.0800. The number of hydrogen-bond acceptors (Lipinski definition) is 6. The van der Waals surface area contributed by atoms with Crippen molar-refractivity contribution in [1.82, 2.24) is 4.98 Å². The quantitative estimate of drug-likeness (QED) is 0.350. The van der Waals surface area contributed by atoms with Crippen molar-refractivity contribution in [2.45, 2.75) is 11.3 Å². The molecule has 0 fully saturated rings. The first-order chi connectivity index (χ1) is 15.6. The van der Waals surface area contributed by atoms with Gasteiger partial charge in [-0.15, -0.1) is 11.8 Å². The van der Waals surface area contributed by atoms with Gasteiger partial charge in [-0.05, 0) is 42.0 Å². The van der Waals surface area contributed by atoms with Crippen molar-refractivity contribution in [2.75, 3.05) is 23.5 Å². The number of fused-ring (bicyclic) bond motifs is 1. The number of ether oxygens (including phenoxy) is 1. The van der Waals surface area contributed by atoms with Crippen LogP contribution in [0.15, 0.2) is 77.7 Å². The van der Waals surface area contributed by atoms with Gasteiger partial charge in [0.2, 0.25) is 11.8 Å². The minimum atomic E-state index is -0.139. The number of rotatable bonds is 8. The molecule has 0 spiro atoms. The van der Waals surface area contributed by atoms with Crippen molar-refractivity contribution in [2.24, 2.45) is 0 Å². The summed E-state index contributed by atoms with van der Waals surface area (Å²) in [5.74, 6) is 0.772. The highest BCUT2D eigenvalue weighted by molar-refractivity contribution is 8.00. The summed E-state index contributed by atoms with van der Waals surface area (Å²) >= 11 is 2.81. The zero-order chi connectivity index (χ0) is 22.3. The lowest BCUT2D eigenvalue weighted by molar-refractivity contribution is -0.115. The van der Waals surface area contributed by atoms with E-state index in [2.05, 4.69) is 15.6 Å². The molecule has 0 bridgehead atoms. The highest BCUT2D eigenvalue weighted by Crippen LogP contribution is 2.29. The number of carbonyl (C=O) groups is 2. The maximum absolute atomic E-state index is 12.4. The number of amides is 2. The van der Waals surface area contributed by atoms with Crippen LogP contribution in [-0.4, -0.2) is 29.7 Å². The van der Waals surface area contributed by atoms with E-state index in [4.69, 9.17) is 4.74 Å². The number of carbonyl (C=O) groups excluding carboxylic acids is 2. The van der Waals surface area contributed by atoms with Gasteiger partial charge >= 0.3 is 0 Å². The Bertz CT molecular complexity index is 1240. The lowest BCUT2D eigenvalue weighted by atomic mass is 10.1. The molecule has 3 aromatic carbocycles. The van der Waals surface area contributed by atoms with Crippen LogP contribution in [-0.2, 0) is 16.0 Å².